The Morgan fingerprint density at radius 1 is 1.29 bits per heavy atom. The quantitative estimate of drug-likeness (QED) is 0.648. The van der Waals surface area contributed by atoms with Crippen molar-refractivity contribution in [3.63, 3.8) is 0 Å². The molecule has 1 aliphatic carbocycles. The first-order valence-corrected chi connectivity index (χ1v) is 10.4. The first-order chi connectivity index (χ1) is 13.6. The van der Waals surface area contributed by atoms with Crippen molar-refractivity contribution in [2.24, 2.45) is 5.73 Å². The second-order valence-corrected chi connectivity index (χ2v) is 8.75. The van der Waals surface area contributed by atoms with Gasteiger partial charge in [-0.15, -0.1) is 0 Å². The number of nitrogens with zero attached hydrogens (tertiary/aromatic N) is 2. The topological polar surface area (TPSA) is 93.4 Å². The van der Waals surface area contributed by atoms with E-state index in [9.17, 15) is 9.59 Å². The van der Waals surface area contributed by atoms with E-state index in [1.807, 2.05) is 4.90 Å². The molecule has 146 valence electrons. The highest BCUT2D eigenvalue weighted by Crippen LogP contribution is 2.44. The number of aromatic amines is 1. The highest BCUT2D eigenvalue weighted by atomic mass is 32.1. The average Bonchev–Trinajstić information content (AvgIpc) is 3.39. The number of hydrogen-bond acceptors (Lipinski definition) is 6. The number of anilines is 1. The molecule has 2 atom stereocenters. The van der Waals surface area contributed by atoms with Gasteiger partial charge in [0.25, 0.3) is 5.56 Å². The fourth-order valence-electron chi connectivity index (χ4n) is 4.81. The molecule has 0 spiro atoms. The van der Waals surface area contributed by atoms with Crippen LogP contribution in [0.4, 0.5) is 10.1 Å². The van der Waals surface area contributed by atoms with Gasteiger partial charge in [-0.1, -0.05) is 0 Å². The van der Waals surface area contributed by atoms with Crippen LogP contribution in [0.15, 0.2) is 15.7 Å². The van der Waals surface area contributed by atoms with Crippen LogP contribution in [0.25, 0.3) is 21.1 Å². The number of aromatic nitrogens is 2. The molecule has 7 nitrogen and oxygen atoms in total. The summed E-state index contributed by atoms with van der Waals surface area (Å²) in [6, 6.07) is 1.38. The number of pyridine rings is 1. The third-order valence-corrected chi connectivity index (χ3v) is 7.15. The molecule has 1 saturated heterocycles. The predicted octanol–water partition coefficient (Wildman–Crippen LogP) is 1.81. The molecule has 3 aliphatic rings. The van der Waals surface area contributed by atoms with E-state index in [1.165, 1.54) is 17.6 Å². The fourth-order valence-corrected chi connectivity index (χ4v) is 5.73. The molecule has 28 heavy (non-hydrogen) atoms. The summed E-state index contributed by atoms with van der Waals surface area (Å²) in [6.07, 6.45) is 2.73. The number of nitrogens with two attached hydrogens (primary N) is 1. The van der Waals surface area contributed by atoms with Gasteiger partial charge in [0.15, 0.2) is 0 Å². The Morgan fingerprint density at radius 3 is 2.89 bits per heavy atom. The fraction of sp³-hybridized carbons (Fsp3) is 0.474. The average molecular weight is 402 g/mol. The third kappa shape index (κ3) is 2.09. The first-order valence-electron chi connectivity index (χ1n) is 9.57. The molecule has 3 aromatic rings. The van der Waals surface area contributed by atoms with Crippen LogP contribution in [-0.4, -0.2) is 34.2 Å². The van der Waals surface area contributed by atoms with Crippen LogP contribution in [0.5, 0.6) is 0 Å². The lowest BCUT2D eigenvalue weighted by Gasteiger charge is -2.28. The van der Waals surface area contributed by atoms with Crippen LogP contribution >= 0.6 is 11.5 Å². The van der Waals surface area contributed by atoms with Gasteiger partial charge in [-0.2, -0.15) is 0 Å². The molecule has 3 N–H and O–H groups in total. The number of nitrogens with one attached hydrogen (secondary N) is 1. The summed E-state index contributed by atoms with van der Waals surface area (Å²) in [5.41, 5.74) is 7.31. The highest BCUT2D eigenvalue weighted by molar-refractivity contribution is 7.12. The largest absolute Gasteiger partial charge is 0.374 e. The molecule has 0 bridgehead atoms. The second kappa shape index (κ2) is 5.65. The van der Waals surface area contributed by atoms with Gasteiger partial charge in [0.1, 0.15) is 16.0 Å². The van der Waals surface area contributed by atoms with Gasteiger partial charge < -0.3 is 19.9 Å². The molecule has 2 aromatic heterocycles. The van der Waals surface area contributed by atoms with Crippen LogP contribution in [0.1, 0.15) is 30.9 Å². The number of ether oxygens (including phenoxy) is 1. The minimum Gasteiger partial charge on any atom is -0.374 e. The van der Waals surface area contributed by atoms with E-state index < -0.39 is 16.8 Å². The zero-order valence-electron chi connectivity index (χ0n) is 15.0. The molecular formula is C19H19FN4O3S. The van der Waals surface area contributed by atoms with Crippen molar-refractivity contribution >= 4 is 38.3 Å². The number of rotatable bonds is 1. The van der Waals surface area contributed by atoms with E-state index in [0.717, 1.165) is 19.3 Å². The monoisotopic (exact) mass is 402 g/mol. The maximum atomic E-state index is 15.3. The van der Waals surface area contributed by atoms with Crippen LogP contribution in [0.3, 0.4) is 0 Å². The first kappa shape index (κ1) is 16.7. The molecule has 4 heterocycles. The van der Waals surface area contributed by atoms with Gasteiger partial charge in [0.05, 0.1) is 35.8 Å². The molecule has 0 radical (unpaired) electrons. The van der Waals surface area contributed by atoms with Gasteiger partial charge in [-0.3, -0.25) is 14.0 Å². The van der Waals surface area contributed by atoms with Crippen molar-refractivity contribution in [1.29, 1.82) is 0 Å². The van der Waals surface area contributed by atoms with E-state index in [4.69, 9.17) is 10.5 Å². The highest BCUT2D eigenvalue weighted by Gasteiger charge is 2.39. The second-order valence-electron chi connectivity index (χ2n) is 7.95. The van der Waals surface area contributed by atoms with Crippen molar-refractivity contribution in [1.82, 2.24) is 8.94 Å². The van der Waals surface area contributed by atoms with E-state index in [0.29, 0.717) is 34.7 Å². The van der Waals surface area contributed by atoms with E-state index in [2.05, 4.69) is 8.94 Å². The Kier molecular flexibility index (Phi) is 3.37. The lowest BCUT2D eigenvalue weighted by molar-refractivity contribution is 0.112. The zero-order chi connectivity index (χ0) is 19.2. The molecule has 9 heteroatoms. The van der Waals surface area contributed by atoms with Crippen molar-refractivity contribution in [2.75, 3.05) is 18.1 Å². The molecule has 6 rings (SSSR count). The number of hydrogen-bond donors (Lipinski definition) is 2. The molecular weight excluding hydrogens is 383 g/mol. The van der Waals surface area contributed by atoms with E-state index in [1.54, 1.807) is 0 Å². The maximum Gasteiger partial charge on any atom is 0.271 e. The SMILES string of the molecule is NC1CCN2c3c(F)cc4c(=O)c5c(=O)[nH]sc5n(C5CC5)c4c3COCC12. The van der Waals surface area contributed by atoms with Crippen LogP contribution in [0.2, 0.25) is 0 Å². The van der Waals surface area contributed by atoms with Gasteiger partial charge in [-0.05, 0) is 36.9 Å². The summed E-state index contributed by atoms with van der Waals surface area (Å²) in [5, 5.41) is 0.379. The van der Waals surface area contributed by atoms with Crippen LogP contribution in [0, 0.1) is 5.82 Å². The summed E-state index contributed by atoms with van der Waals surface area (Å²) >= 11 is 1.18. The van der Waals surface area contributed by atoms with E-state index in [-0.39, 0.29) is 35.5 Å². The third-order valence-electron chi connectivity index (χ3n) is 6.27. The molecule has 0 amide bonds. The van der Waals surface area contributed by atoms with Crippen LogP contribution < -0.4 is 21.6 Å². The Bertz CT molecular complexity index is 1260. The van der Waals surface area contributed by atoms with Crippen molar-refractivity contribution in [2.45, 2.75) is 44.0 Å². The van der Waals surface area contributed by atoms with Crippen molar-refractivity contribution < 1.29 is 9.13 Å². The molecule has 1 aromatic carbocycles. The summed E-state index contributed by atoms with van der Waals surface area (Å²) in [4.78, 5) is 28.0. The molecule has 2 unspecified atom stereocenters. The lowest BCUT2D eigenvalue weighted by Crippen LogP contribution is -2.42. The summed E-state index contributed by atoms with van der Waals surface area (Å²) in [7, 11) is 0. The summed E-state index contributed by atoms with van der Waals surface area (Å²) in [5.74, 6) is -0.447. The maximum absolute atomic E-state index is 15.3. The predicted molar refractivity (Wildman–Crippen MR) is 106 cm³/mol. The number of halogens is 1. The standard InChI is InChI=1S/C19H19FN4O3S/c20-11-5-9-15(10-6-27-7-13-12(21)3-4-23(13)16(10)11)24(8-1-2-8)19-14(17(9)25)18(26)22-28-19/h5,8,12-13H,1-4,6-7,21H2,(H,22,26). The van der Waals surface area contributed by atoms with Crippen molar-refractivity contribution in [3.05, 3.63) is 38.0 Å². The molecule has 2 aliphatic heterocycles. The van der Waals surface area contributed by atoms with Crippen molar-refractivity contribution in [3.8, 4) is 0 Å². The van der Waals surface area contributed by atoms with Gasteiger partial charge in [0.2, 0.25) is 5.43 Å². The van der Waals surface area contributed by atoms with Gasteiger partial charge >= 0.3 is 0 Å². The Morgan fingerprint density at radius 2 is 2.11 bits per heavy atom. The number of benzene rings is 1. The number of H-pyrrole nitrogens is 1. The smallest absolute Gasteiger partial charge is 0.271 e. The van der Waals surface area contributed by atoms with E-state index >= 15 is 4.39 Å². The van der Waals surface area contributed by atoms with Gasteiger partial charge in [-0.25, -0.2) is 4.39 Å². The number of fused-ring (bicyclic) bond motifs is 6. The lowest BCUT2D eigenvalue weighted by atomic mass is 10.0. The Balaban J connectivity index is 1.78. The minimum atomic E-state index is -0.447. The molecule has 2 fully saturated rings. The zero-order valence-corrected chi connectivity index (χ0v) is 15.9. The molecule has 1 saturated carbocycles. The normalized spacial score (nSPS) is 24.6. The Hall–Kier alpha value is -2.23. The van der Waals surface area contributed by atoms with Gasteiger partial charge in [0, 0.05) is 24.2 Å². The summed E-state index contributed by atoms with van der Waals surface area (Å²) in [6.45, 7) is 1.32. The summed E-state index contributed by atoms with van der Waals surface area (Å²) < 4.78 is 26.0. The van der Waals surface area contributed by atoms with Crippen LogP contribution in [-0.2, 0) is 11.3 Å². The minimum absolute atomic E-state index is 0.0657. The Labute approximate surface area is 162 Å².